The molecule has 0 N–H and O–H groups in total. The molecular formula is C11H12N2. The summed E-state index contributed by atoms with van der Waals surface area (Å²) in [5.74, 6) is 0. The summed E-state index contributed by atoms with van der Waals surface area (Å²) in [4.78, 5) is 8.23. The van der Waals surface area contributed by atoms with E-state index >= 15 is 0 Å². The third-order valence-corrected chi connectivity index (χ3v) is 1.55. The van der Waals surface area contributed by atoms with Crippen LogP contribution in [-0.2, 0) is 0 Å². The maximum Gasteiger partial charge on any atom is 0.0674 e. The Labute approximate surface area is 78.4 Å². The highest BCUT2D eigenvalue weighted by Gasteiger charge is 1.95. The summed E-state index contributed by atoms with van der Waals surface area (Å²) in [5.41, 5.74) is 1.93. The molecule has 0 saturated heterocycles. The molecule has 1 rings (SSSR count). The first kappa shape index (κ1) is 9.39. The Hall–Kier alpha value is -1.70. The van der Waals surface area contributed by atoms with Gasteiger partial charge in [0.2, 0.25) is 0 Å². The van der Waals surface area contributed by atoms with Crippen LogP contribution in [0.4, 0.5) is 0 Å². The van der Waals surface area contributed by atoms with Gasteiger partial charge in [0.25, 0.3) is 0 Å². The predicted molar refractivity (Wildman–Crippen MR) is 56.6 cm³/mol. The Kier molecular flexibility index (Phi) is 3.64. The molecule has 1 aromatic rings. The van der Waals surface area contributed by atoms with E-state index in [0.717, 1.165) is 11.3 Å². The van der Waals surface area contributed by atoms with Gasteiger partial charge < -0.3 is 0 Å². The van der Waals surface area contributed by atoms with Crippen LogP contribution in [0.1, 0.15) is 12.5 Å². The van der Waals surface area contributed by atoms with Crippen LogP contribution < -0.4 is 0 Å². The van der Waals surface area contributed by atoms with Gasteiger partial charge in [-0.15, -0.1) is 0 Å². The van der Waals surface area contributed by atoms with Crippen LogP contribution in [0.25, 0.3) is 5.70 Å². The molecule has 2 nitrogen and oxygen atoms in total. The van der Waals surface area contributed by atoms with Crippen LogP contribution in [0, 0.1) is 0 Å². The van der Waals surface area contributed by atoms with Gasteiger partial charge in [0.05, 0.1) is 5.70 Å². The summed E-state index contributed by atoms with van der Waals surface area (Å²) in [6, 6.07) is 3.87. The topological polar surface area (TPSA) is 25.2 Å². The first-order valence-electron chi connectivity index (χ1n) is 4.10. The minimum Gasteiger partial charge on any atom is -0.264 e. The highest BCUT2D eigenvalue weighted by atomic mass is 14.7. The van der Waals surface area contributed by atoms with Crippen molar-refractivity contribution in [1.82, 2.24) is 4.98 Å². The SMILES string of the molecule is C=C/C=N\C(=C/C)c1cccnc1. The van der Waals surface area contributed by atoms with Crippen LogP contribution in [0.3, 0.4) is 0 Å². The van der Waals surface area contributed by atoms with E-state index in [9.17, 15) is 0 Å². The maximum absolute atomic E-state index is 4.21. The van der Waals surface area contributed by atoms with Crippen molar-refractivity contribution in [3.05, 3.63) is 48.8 Å². The van der Waals surface area contributed by atoms with Gasteiger partial charge in [0, 0.05) is 24.2 Å². The third-order valence-electron chi connectivity index (χ3n) is 1.55. The lowest BCUT2D eigenvalue weighted by Gasteiger charge is -1.98. The molecule has 0 fully saturated rings. The Morgan fingerprint density at radius 1 is 1.62 bits per heavy atom. The summed E-state index contributed by atoms with van der Waals surface area (Å²) in [5, 5.41) is 0. The molecule has 0 amide bonds. The average molecular weight is 172 g/mol. The van der Waals surface area contributed by atoms with Gasteiger partial charge >= 0.3 is 0 Å². The molecule has 0 aliphatic heterocycles. The van der Waals surface area contributed by atoms with Crippen molar-refractivity contribution in [1.29, 1.82) is 0 Å². The number of hydrogen-bond acceptors (Lipinski definition) is 2. The molecule has 1 heterocycles. The summed E-state index contributed by atoms with van der Waals surface area (Å²) >= 11 is 0. The number of allylic oxidation sites excluding steroid dienone is 2. The summed E-state index contributed by atoms with van der Waals surface area (Å²) in [6.07, 6.45) is 8.79. The average Bonchev–Trinajstić information content (AvgIpc) is 2.21. The molecule has 66 valence electrons. The second-order valence-corrected chi connectivity index (χ2v) is 2.43. The van der Waals surface area contributed by atoms with Crippen LogP contribution in [-0.4, -0.2) is 11.2 Å². The predicted octanol–water partition coefficient (Wildman–Crippen LogP) is 2.70. The monoisotopic (exact) mass is 172 g/mol. The van der Waals surface area contributed by atoms with E-state index in [2.05, 4.69) is 16.6 Å². The van der Waals surface area contributed by atoms with E-state index in [1.807, 2.05) is 25.1 Å². The second-order valence-electron chi connectivity index (χ2n) is 2.43. The zero-order valence-electron chi connectivity index (χ0n) is 7.64. The maximum atomic E-state index is 4.21. The molecule has 13 heavy (non-hydrogen) atoms. The zero-order chi connectivity index (χ0) is 9.52. The first-order chi connectivity index (χ1) is 6.38. The molecule has 0 unspecified atom stereocenters. The molecule has 0 atom stereocenters. The molecule has 1 aromatic heterocycles. The van der Waals surface area contributed by atoms with Crippen molar-refractivity contribution in [3.8, 4) is 0 Å². The number of pyridine rings is 1. The molecule has 2 heteroatoms. The number of aromatic nitrogens is 1. The normalized spacial score (nSPS) is 11.9. The van der Waals surface area contributed by atoms with Crippen molar-refractivity contribution >= 4 is 11.9 Å². The smallest absolute Gasteiger partial charge is 0.0674 e. The number of rotatable bonds is 3. The van der Waals surface area contributed by atoms with Crippen LogP contribution >= 0.6 is 0 Å². The Balaban J connectivity index is 2.92. The Morgan fingerprint density at radius 3 is 3.00 bits per heavy atom. The van der Waals surface area contributed by atoms with Crippen LogP contribution in [0.2, 0.25) is 0 Å². The van der Waals surface area contributed by atoms with E-state index < -0.39 is 0 Å². The lowest BCUT2D eigenvalue weighted by atomic mass is 10.2. The van der Waals surface area contributed by atoms with Gasteiger partial charge in [0.1, 0.15) is 0 Å². The molecule has 0 spiro atoms. The quantitative estimate of drug-likeness (QED) is 0.643. The summed E-state index contributed by atoms with van der Waals surface area (Å²) < 4.78 is 0. The third kappa shape index (κ3) is 2.67. The van der Waals surface area contributed by atoms with E-state index in [4.69, 9.17) is 0 Å². The Bertz CT molecular complexity index is 323. The minimum atomic E-state index is 0.910. The number of aliphatic imine (C=N–C) groups is 1. The molecule has 0 aromatic carbocycles. The van der Waals surface area contributed by atoms with Crippen molar-refractivity contribution in [2.24, 2.45) is 4.99 Å². The molecule has 0 radical (unpaired) electrons. The van der Waals surface area contributed by atoms with Crippen molar-refractivity contribution in [3.63, 3.8) is 0 Å². The van der Waals surface area contributed by atoms with E-state index in [1.54, 1.807) is 24.7 Å². The first-order valence-corrected chi connectivity index (χ1v) is 4.10. The van der Waals surface area contributed by atoms with Crippen LogP contribution in [0.5, 0.6) is 0 Å². The minimum absolute atomic E-state index is 0.910. The fraction of sp³-hybridized carbons (Fsp3) is 0.0909. The molecule has 0 aliphatic carbocycles. The van der Waals surface area contributed by atoms with E-state index in [1.165, 1.54) is 0 Å². The van der Waals surface area contributed by atoms with Crippen LogP contribution in [0.15, 0.2) is 48.2 Å². The van der Waals surface area contributed by atoms with Gasteiger partial charge in [-0.3, -0.25) is 9.98 Å². The van der Waals surface area contributed by atoms with Gasteiger partial charge in [0.15, 0.2) is 0 Å². The summed E-state index contributed by atoms with van der Waals surface area (Å²) in [7, 11) is 0. The number of hydrogen-bond donors (Lipinski definition) is 0. The molecule has 0 bridgehead atoms. The molecular weight excluding hydrogens is 160 g/mol. The molecule has 0 saturated carbocycles. The zero-order valence-corrected chi connectivity index (χ0v) is 7.64. The van der Waals surface area contributed by atoms with Gasteiger partial charge in [-0.25, -0.2) is 0 Å². The number of nitrogens with zero attached hydrogens (tertiary/aromatic N) is 2. The Morgan fingerprint density at radius 2 is 2.46 bits per heavy atom. The van der Waals surface area contributed by atoms with E-state index in [-0.39, 0.29) is 0 Å². The van der Waals surface area contributed by atoms with Crippen molar-refractivity contribution in [2.75, 3.05) is 0 Å². The van der Waals surface area contributed by atoms with Gasteiger partial charge in [-0.2, -0.15) is 0 Å². The fourth-order valence-electron chi connectivity index (χ4n) is 0.963. The fourth-order valence-corrected chi connectivity index (χ4v) is 0.963. The van der Waals surface area contributed by atoms with Crippen molar-refractivity contribution in [2.45, 2.75) is 6.92 Å². The second kappa shape index (κ2) is 5.04. The standard InChI is InChI=1S/C11H12N2/c1-3-7-13-11(4-2)10-6-5-8-12-9-10/h3-9H,1H2,2H3/b11-4-,13-7-. The highest BCUT2D eigenvalue weighted by molar-refractivity contribution is 5.79. The van der Waals surface area contributed by atoms with Crippen molar-refractivity contribution < 1.29 is 0 Å². The van der Waals surface area contributed by atoms with E-state index in [0.29, 0.717) is 0 Å². The highest BCUT2D eigenvalue weighted by Crippen LogP contribution is 2.12. The lowest BCUT2D eigenvalue weighted by molar-refractivity contribution is 1.30. The lowest BCUT2D eigenvalue weighted by Crippen LogP contribution is -1.82. The summed E-state index contributed by atoms with van der Waals surface area (Å²) in [6.45, 7) is 5.52. The van der Waals surface area contributed by atoms with Gasteiger partial charge in [-0.05, 0) is 19.1 Å². The van der Waals surface area contributed by atoms with Gasteiger partial charge in [-0.1, -0.05) is 18.7 Å². The largest absolute Gasteiger partial charge is 0.264 e. The molecule has 0 aliphatic rings.